The van der Waals surface area contributed by atoms with Crippen molar-refractivity contribution in [2.75, 3.05) is 5.32 Å². The predicted octanol–water partition coefficient (Wildman–Crippen LogP) is 5.22. The fraction of sp³-hybridized carbons (Fsp3) is 0.190. The highest BCUT2D eigenvalue weighted by Crippen LogP contribution is 2.34. The summed E-state index contributed by atoms with van der Waals surface area (Å²) in [7, 11) is 0. The average molecular weight is 398 g/mol. The molecule has 0 unspecified atom stereocenters. The first-order valence-electron chi connectivity index (χ1n) is 8.58. The number of hydrogen-bond donors (Lipinski definition) is 1. The van der Waals surface area contributed by atoms with Crippen LogP contribution in [0.4, 0.5) is 15.8 Å². The van der Waals surface area contributed by atoms with Gasteiger partial charge in [-0.2, -0.15) is 0 Å². The number of ketones is 1. The fourth-order valence-corrected chi connectivity index (χ4v) is 3.29. The van der Waals surface area contributed by atoms with E-state index in [0.29, 0.717) is 0 Å². The van der Waals surface area contributed by atoms with Gasteiger partial charge in [-0.25, -0.2) is 14.2 Å². The molecule has 2 aromatic carbocycles. The van der Waals surface area contributed by atoms with Crippen LogP contribution in [0.1, 0.15) is 30.6 Å². The van der Waals surface area contributed by atoms with Gasteiger partial charge in [0.05, 0.1) is 4.88 Å². The van der Waals surface area contributed by atoms with Crippen molar-refractivity contribution in [3.63, 3.8) is 0 Å². The molecule has 1 aromatic heterocycles. The van der Waals surface area contributed by atoms with Gasteiger partial charge >= 0.3 is 5.97 Å². The van der Waals surface area contributed by atoms with Crippen LogP contribution in [0.5, 0.6) is 0 Å². The van der Waals surface area contributed by atoms with Crippen molar-refractivity contribution < 1.29 is 18.7 Å². The highest BCUT2D eigenvalue weighted by atomic mass is 32.1. The molecule has 3 rings (SSSR count). The molecule has 144 valence electrons. The number of para-hydroxylation sites is 1. The molecule has 28 heavy (non-hydrogen) atoms. The van der Waals surface area contributed by atoms with Crippen molar-refractivity contribution in [3.05, 3.63) is 65.6 Å². The largest absolute Gasteiger partial charge is 0.454 e. The van der Waals surface area contributed by atoms with Crippen molar-refractivity contribution in [2.45, 2.75) is 26.4 Å². The van der Waals surface area contributed by atoms with Crippen LogP contribution in [0.25, 0.3) is 10.4 Å². The Morgan fingerprint density at radius 1 is 1.07 bits per heavy atom. The van der Waals surface area contributed by atoms with E-state index in [-0.39, 0.29) is 10.8 Å². The summed E-state index contributed by atoms with van der Waals surface area (Å²) in [6.45, 7) is 5.09. The maximum atomic E-state index is 13.1. The molecule has 0 aliphatic heterocycles. The van der Waals surface area contributed by atoms with Crippen LogP contribution in [0.3, 0.4) is 0 Å². The van der Waals surface area contributed by atoms with E-state index in [1.165, 1.54) is 12.1 Å². The lowest BCUT2D eigenvalue weighted by molar-refractivity contribution is -0.148. The zero-order chi connectivity index (χ0) is 20.3. The van der Waals surface area contributed by atoms with Crippen LogP contribution in [-0.4, -0.2) is 22.3 Å². The summed E-state index contributed by atoms with van der Waals surface area (Å²) in [5, 5.41) is 3.30. The zero-order valence-electron chi connectivity index (χ0n) is 15.7. The SMILES string of the molecule is CC(C)(C)OC(=O)C(=O)c1ncc(-c2ccccc2Nc2ccc(F)cc2)s1. The summed E-state index contributed by atoms with van der Waals surface area (Å²) in [6.07, 6.45) is 1.55. The second kappa shape index (κ2) is 7.90. The van der Waals surface area contributed by atoms with Crippen molar-refractivity contribution >= 4 is 34.5 Å². The van der Waals surface area contributed by atoms with Crippen molar-refractivity contribution in [2.24, 2.45) is 0 Å². The predicted molar refractivity (Wildman–Crippen MR) is 107 cm³/mol. The van der Waals surface area contributed by atoms with Crippen molar-refractivity contribution in [1.82, 2.24) is 4.98 Å². The molecule has 0 aliphatic rings. The number of rotatable bonds is 5. The molecular formula is C21H19FN2O3S. The molecule has 0 aliphatic carbocycles. The minimum atomic E-state index is -0.925. The van der Waals surface area contributed by atoms with E-state index in [1.54, 1.807) is 39.1 Å². The molecule has 0 bridgehead atoms. The van der Waals surface area contributed by atoms with Crippen molar-refractivity contribution in [1.29, 1.82) is 0 Å². The number of aromatic nitrogens is 1. The normalized spacial score (nSPS) is 11.1. The summed E-state index contributed by atoms with van der Waals surface area (Å²) in [4.78, 5) is 29.1. The Morgan fingerprint density at radius 3 is 2.43 bits per heavy atom. The maximum absolute atomic E-state index is 13.1. The Kier molecular flexibility index (Phi) is 5.56. The molecule has 1 heterocycles. The smallest absolute Gasteiger partial charge is 0.382 e. The highest BCUT2D eigenvalue weighted by molar-refractivity contribution is 7.17. The zero-order valence-corrected chi connectivity index (χ0v) is 16.5. The van der Waals surface area contributed by atoms with Crippen LogP contribution in [0, 0.1) is 5.82 Å². The van der Waals surface area contributed by atoms with Gasteiger partial charge in [-0.05, 0) is 51.1 Å². The first-order valence-corrected chi connectivity index (χ1v) is 9.40. The van der Waals surface area contributed by atoms with E-state index in [9.17, 15) is 14.0 Å². The molecule has 0 fully saturated rings. The lowest BCUT2D eigenvalue weighted by atomic mass is 10.1. The number of anilines is 2. The molecule has 1 N–H and O–H groups in total. The van der Waals surface area contributed by atoms with Gasteiger partial charge in [0, 0.05) is 23.1 Å². The number of carbonyl (C=O) groups excluding carboxylic acids is 2. The van der Waals surface area contributed by atoms with Gasteiger partial charge in [-0.1, -0.05) is 18.2 Å². The topological polar surface area (TPSA) is 68.3 Å². The Morgan fingerprint density at radius 2 is 1.75 bits per heavy atom. The summed E-state index contributed by atoms with van der Waals surface area (Å²) >= 11 is 1.11. The number of esters is 1. The van der Waals surface area contributed by atoms with Gasteiger partial charge in [0.15, 0.2) is 5.01 Å². The van der Waals surface area contributed by atoms with Gasteiger partial charge in [0.2, 0.25) is 0 Å². The van der Waals surface area contributed by atoms with Gasteiger partial charge in [-0.15, -0.1) is 11.3 Å². The molecule has 5 nitrogen and oxygen atoms in total. The second-order valence-electron chi connectivity index (χ2n) is 7.04. The molecule has 0 atom stereocenters. The molecule has 0 radical (unpaired) electrons. The van der Waals surface area contributed by atoms with E-state index in [1.807, 2.05) is 24.3 Å². The lowest BCUT2D eigenvalue weighted by Gasteiger charge is -2.18. The quantitative estimate of drug-likeness (QED) is 0.363. The Bertz CT molecular complexity index is 1010. The lowest BCUT2D eigenvalue weighted by Crippen LogP contribution is -2.28. The number of benzene rings is 2. The fourth-order valence-electron chi connectivity index (χ4n) is 2.41. The second-order valence-corrected chi connectivity index (χ2v) is 8.07. The first kappa shape index (κ1) is 19.7. The highest BCUT2D eigenvalue weighted by Gasteiger charge is 2.26. The minimum Gasteiger partial charge on any atom is -0.454 e. The molecular weight excluding hydrogens is 379 g/mol. The standard InChI is InChI=1S/C21H19FN2O3S/c1-21(2,3)27-20(26)18(25)19-23-12-17(28-19)15-6-4-5-7-16(15)24-14-10-8-13(22)9-11-14/h4-12,24H,1-3H3. The monoisotopic (exact) mass is 398 g/mol. The molecule has 3 aromatic rings. The van der Waals surface area contributed by atoms with Crippen LogP contribution in [-0.2, 0) is 9.53 Å². The maximum Gasteiger partial charge on any atom is 0.382 e. The number of ether oxygens (including phenoxy) is 1. The third-order valence-corrected chi connectivity index (χ3v) is 4.63. The summed E-state index contributed by atoms with van der Waals surface area (Å²) in [5.41, 5.74) is 1.56. The van der Waals surface area contributed by atoms with E-state index >= 15 is 0 Å². The third kappa shape index (κ3) is 4.80. The summed E-state index contributed by atoms with van der Waals surface area (Å²) in [6, 6.07) is 13.5. The van der Waals surface area contributed by atoms with E-state index < -0.39 is 17.4 Å². The van der Waals surface area contributed by atoms with E-state index in [4.69, 9.17) is 4.74 Å². The van der Waals surface area contributed by atoms with Crippen LogP contribution >= 0.6 is 11.3 Å². The number of halogens is 1. The molecule has 0 spiro atoms. The molecule has 0 amide bonds. The minimum absolute atomic E-state index is 0.0702. The molecule has 7 heteroatoms. The van der Waals surface area contributed by atoms with E-state index in [2.05, 4.69) is 10.3 Å². The van der Waals surface area contributed by atoms with Crippen LogP contribution in [0.2, 0.25) is 0 Å². The Labute approximate surface area is 166 Å². The average Bonchev–Trinajstić information content (AvgIpc) is 3.12. The van der Waals surface area contributed by atoms with Crippen LogP contribution < -0.4 is 5.32 Å². The third-order valence-electron chi connectivity index (χ3n) is 3.60. The number of nitrogens with zero attached hydrogens (tertiary/aromatic N) is 1. The number of Topliss-reactive ketones (excluding diaryl/α,β-unsaturated/α-hetero) is 1. The number of thiazole rings is 1. The van der Waals surface area contributed by atoms with Gasteiger partial charge in [-0.3, -0.25) is 4.79 Å². The molecule has 0 saturated carbocycles. The Balaban J connectivity index is 1.84. The number of hydrogen-bond acceptors (Lipinski definition) is 6. The van der Waals surface area contributed by atoms with Crippen molar-refractivity contribution in [3.8, 4) is 10.4 Å². The van der Waals surface area contributed by atoms with Gasteiger partial charge in [0.1, 0.15) is 11.4 Å². The number of carbonyl (C=O) groups is 2. The summed E-state index contributed by atoms with van der Waals surface area (Å²) < 4.78 is 18.2. The number of nitrogens with one attached hydrogen (secondary N) is 1. The first-order chi connectivity index (χ1) is 13.2. The van der Waals surface area contributed by atoms with E-state index in [0.717, 1.165) is 33.2 Å². The molecule has 0 saturated heterocycles. The van der Waals surface area contributed by atoms with Gasteiger partial charge in [0.25, 0.3) is 5.78 Å². The van der Waals surface area contributed by atoms with Gasteiger partial charge < -0.3 is 10.1 Å². The van der Waals surface area contributed by atoms with Crippen LogP contribution in [0.15, 0.2) is 54.7 Å². The summed E-state index contributed by atoms with van der Waals surface area (Å²) in [5.74, 6) is -2.01. The Hall–Kier alpha value is -3.06.